The molecule has 2 rings (SSSR count). The number of nitrogens with two attached hydrogens (primary N) is 1. The second kappa shape index (κ2) is 14.1. The van der Waals surface area contributed by atoms with Gasteiger partial charge in [-0.1, -0.05) is 32.4 Å². The van der Waals surface area contributed by atoms with E-state index in [1.54, 1.807) is 19.1 Å². The van der Waals surface area contributed by atoms with Gasteiger partial charge >= 0.3 is 5.97 Å². The lowest BCUT2D eigenvalue weighted by Gasteiger charge is -2.28. The number of carbonyl (C=O) groups excluding carboxylic acids is 3. The molecule has 3 amide bonds. The van der Waals surface area contributed by atoms with Crippen LogP contribution in [0.3, 0.4) is 0 Å². The maximum absolute atomic E-state index is 13.3. The van der Waals surface area contributed by atoms with Gasteiger partial charge in [0.2, 0.25) is 17.7 Å². The number of hydrogen-bond donors (Lipinski definition) is 8. The molecule has 0 saturated carbocycles. The maximum atomic E-state index is 13.3. The van der Waals surface area contributed by atoms with Crippen molar-refractivity contribution in [3.8, 4) is 5.75 Å². The number of aliphatic hydroxyl groups excluding tert-OH is 1. The molecule has 0 aliphatic heterocycles. The minimum absolute atomic E-state index is 0.00243. The van der Waals surface area contributed by atoms with Gasteiger partial charge in [-0.3, -0.25) is 14.4 Å². The molecule has 38 heavy (non-hydrogen) atoms. The summed E-state index contributed by atoms with van der Waals surface area (Å²) >= 11 is 0. The molecule has 6 unspecified atom stereocenters. The van der Waals surface area contributed by atoms with E-state index in [0.717, 1.165) is 0 Å². The van der Waals surface area contributed by atoms with Crippen molar-refractivity contribution in [1.29, 1.82) is 0 Å². The van der Waals surface area contributed by atoms with E-state index in [2.05, 4.69) is 25.9 Å². The summed E-state index contributed by atoms with van der Waals surface area (Å²) in [7, 11) is 0. The van der Waals surface area contributed by atoms with Gasteiger partial charge in [0.15, 0.2) is 0 Å². The molecule has 0 saturated heterocycles. The van der Waals surface area contributed by atoms with E-state index in [9.17, 15) is 34.5 Å². The Morgan fingerprint density at radius 3 is 2.13 bits per heavy atom. The van der Waals surface area contributed by atoms with E-state index in [1.165, 1.54) is 31.6 Å². The number of carboxylic acid groups (broad SMARTS) is 1. The van der Waals surface area contributed by atoms with Crippen molar-refractivity contribution in [2.24, 2.45) is 11.7 Å². The first-order valence-corrected chi connectivity index (χ1v) is 12.3. The molecule has 208 valence electrons. The number of aromatic amines is 1. The third kappa shape index (κ3) is 8.85. The van der Waals surface area contributed by atoms with Crippen LogP contribution in [0, 0.1) is 5.92 Å². The average molecular weight is 533 g/mol. The summed E-state index contributed by atoms with van der Waals surface area (Å²) in [6.07, 6.45) is 2.16. The van der Waals surface area contributed by atoms with Crippen molar-refractivity contribution in [2.45, 2.75) is 70.3 Å². The lowest BCUT2D eigenvalue weighted by Crippen LogP contribution is -2.60. The van der Waals surface area contributed by atoms with Crippen molar-refractivity contribution in [3.63, 3.8) is 0 Å². The smallest absolute Gasteiger partial charge is 0.326 e. The van der Waals surface area contributed by atoms with Crippen LogP contribution in [0.5, 0.6) is 5.75 Å². The van der Waals surface area contributed by atoms with E-state index >= 15 is 0 Å². The van der Waals surface area contributed by atoms with Crippen molar-refractivity contribution in [2.75, 3.05) is 0 Å². The Kier molecular flexibility index (Phi) is 11.2. The number of amides is 3. The number of carbonyl (C=O) groups is 4. The standard InChI is InChI=1S/C25H36N6O7/c1-4-13(2)21(24(36)30-19(25(37)38)9-15-5-7-17(33)8-6-15)31-22(34)18(10-16-11-27-12-28-16)29-23(35)20(26)14(3)32/h5-8,11-14,18-21,32-33H,4,9-10,26H2,1-3H3,(H,27,28)(H,29,35)(H,30,36)(H,31,34)(H,37,38). The van der Waals surface area contributed by atoms with Crippen LogP contribution in [0.4, 0.5) is 0 Å². The molecule has 0 aliphatic rings. The van der Waals surface area contributed by atoms with Crippen LogP contribution in [0.2, 0.25) is 0 Å². The first-order valence-electron chi connectivity index (χ1n) is 12.3. The fraction of sp³-hybridized carbons (Fsp3) is 0.480. The zero-order valence-electron chi connectivity index (χ0n) is 21.5. The number of hydrogen-bond acceptors (Lipinski definition) is 8. The third-order valence-corrected chi connectivity index (χ3v) is 6.22. The monoisotopic (exact) mass is 532 g/mol. The first kappa shape index (κ1) is 30.3. The summed E-state index contributed by atoms with van der Waals surface area (Å²) in [6, 6.07) is 1.07. The molecule has 0 aliphatic carbocycles. The highest BCUT2D eigenvalue weighted by atomic mass is 16.4. The van der Waals surface area contributed by atoms with Gasteiger partial charge in [0.25, 0.3) is 0 Å². The van der Waals surface area contributed by atoms with Gasteiger partial charge in [0.1, 0.15) is 29.9 Å². The number of nitrogens with one attached hydrogen (secondary N) is 4. The number of carboxylic acids is 1. The Hall–Kier alpha value is -3.97. The van der Waals surface area contributed by atoms with Crippen LogP contribution in [-0.2, 0) is 32.0 Å². The number of nitrogens with zero attached hydrogens (tertiary/aromatic N) is 1. The molecular weight excluding hydrogens is 496 g/mol. The number of H-pyrrole nitrogens is 1. The second-order valence-electron chi connectivity index (χ2n) is 9.25. The number of aromatic hydroxyl groups is 1. The lowest BCUT2D eigenvalue weighted by atomic mass is 9.96. The Balaban J connectivity index is 2.21. The second-order valence-corrected chi connectivity index (χ2v) is 9.25. The Morgan fingerprint density at radius 1 is 0.974 bits per heavy atom. The normalized spacial score (nSPS) is 15.8. The number of imidazole rings is 1. The number of phenolic OH excluding ortho intramolecular Hbond substituents is 1. The summed E-state index contributed by atoms with van der Waals surface area (Å²) in [6.45, 7) is 4.88. The summed E-state index contributed by atoms with van der Waals surface area (Å²) in [4.78, 5) is 57.6. The molecule has 1 aromatic carbocycles. The number of phenols is 1. The summed E-state index contributed by atoms with van der Waals surface area (Å²) in [5.41, 5.74) is 6.82. The number of aliphatic carboxylic acids is 1. The fourth-order valence-electron chi connectivity index (χ4n) is 3.60. The fourth-order valence-corrected chi connectivity index (χ4v) is 3.60. The van der Waals surface area contributed by atoms with Crippen molar-refractivity contribution in [3.05, 3.63) is 48.0 Å². The Labute approximate surface area is 220 Å². The van der Waals surface area contributed by atoms with Crippen LogP contribution < -0.4 is 21.7 Å². The summed E-state index contributed by atoms with van der Waals surface area (Å²) in [5, 5.41) is 36.4. The van der Waals surface area contributed by atoms with Crippen molar-refractivity contribution in [1.82, 2.24) is 25.9 Å². The number of aliphatic hydroxyl groups is 1. The van der Waals surface area contributed by atoms with Gasteiger partial charge in [-0.2, -0.15) is 0 Å². The Bertz CT molecular complexity index is 1070. The lowest BCUT2D eigenvalue weighted by molar-refractivity contribution is -0.142. The topological polar surface area (TPSA) is 220 Å². The van der Waals surface area contributed by atoms with Gasteiger partial charge in [0.05, 0.1) is 12.4 Å². The van der Waals surface area contributed by atoms with Gasteiger partial charge in [0, 0.05) is 24.7 Å². The largest absolute Gasteiger partial charge is 0.508 e. The minimum Gasteiger partial charge on any atom is -0.508 e. The maximum Gasteiger partial charge on any atom is 0.326 e. The highest BCUT2D eigenvalue weighted by Gasteiger charge is 2.33. The van der Waals surface area contributed by atoms with Crippen LogP contribution in [-0.4, -0.2) is 79.2 Å². The molecule has 1 heterocycles. The molecule has 0 bridgehead atoms. The van der Waals surface area contributed by atoms with Crippen LogP contribution in [0.15, 0.2) is 36.8 Å². The number of aromatic nitrogens is 2. The summed E-state index contributed by atoms with van der Waals surface area (Å²) in [5.74, 6) is -3.79. The minimum atomic E-state index is -1.29. The number of rotatable bonds is 14. The molecule has 2 aromatic rings. The van der Waals surface area contributed by atoms with E-state index in [1.807, 2.05) is 6.92 Å². The molecular formula is C25H36N6O7. The van der Waals surface area contributed by atoms with Gasteiger partial charge < -0.3 is 42.0 Å². The molecule has 0 spiro atoms. The van der Waals surface area contributed by atoms with Crippen molar-refractivity contribution >= 4 is 23.7 Å². The predicted octanol–water partition coefficient (Wildman–Crippen LogP) is -0.806. The molecule has 0 radical (unpaired) electrons. The highest BCUT2D eigenvalue weighted by molar-refractivity contribution is 5.94. The van der Waals surface area contributed by atoms with Gasteiger partial charge in [-0.25, -0.2) is 9.78 Å². The molecule has 0 fully saturated rings. The van der Waals surface area contributed by atoms with Crippen molar-refractivity contribution < 1.29 is 34.5 Å². The van der Waals surface area contributed by atoms with Crippen LogP contribution in [0.1, 0.15) is 38.4 Å². The SMILES string of the molecule is CCC(C)C(NC(=O)C(Cc1cnc[nH]1)NC(=O)C(N)C(C)O)C(=O)NC(Cc1ccc(O)cc1)C(=O)O. The predicted molar refractivity (Wildman–Crippen MR) is 137 cm³/mol. The molecule has 1 aromatic heterocycles. The van der Waals surface area contributed by atoms with Gasteiger partial charge in [-0.15, -0.1) is 0 Å². The summed E-state index contributed by atoms with van der Waals surface area (Å²) < 4.78 is 0. The molecule has 6 atom stereocenters. The first-order chi connectivity index (χ1) is 17.9. The van der Waals surface area contributed by atoms with Crippen LogP contribution in [0.25, 0.3) is 0 Å². The Morgan fingerprint density at radius 2 is 1.61 bits per heavy atom. The van der Waals surface area contributed by atoms with E-state index in [4.69, 9.17) is 5.73 Å². The molecule has 9 N–H and O–H groups in total. The highest BCUT2D eigenvalue weighted by Crippen LogP contribution is 2.13. The van der Waals surface area contributed by atoms with Crippen LogP contribution >= 0.6 is 0 Å². The van der Waals surface area contributed by atoms with E-state index in [0.29, 0.717) is 17.7 Å². The quantitative estimate of drug-likeness (QED) is 0.152. The molecule has 13 heteroatoms. The van der Waals surface area contributed by atoms with E-state index in [-0.39, 0.29) is 24.5 Å². The number of benzene rings is 1. The van der Waals surface area contributed by atoms with Gasteiger partial charge in [-0.05, 0) is 30.5 Å². The van der Waals surface area contributed by atoms with E-state index < -0.39 is 54.0 Å². The molecule has 13 nitrogen and oxygen atoms in total. The zero-order valence-corrected chi connectivity index (χ0v) is 21.5. The average Bonchev–Trinajstić information content (AvgIpc) is 3.39. The third-order valence-electron chi connectivity index (χ3n) is 6.22. The zero-order chi connectivity index (χ0) is 28.4.